The predicted molar refractivity (Wildman–Crippen MR) is 443 cm³/mol. The van der Waals surface area contributed by atoms with Gasteiger partial charge in [0.05, 0.1) is 6.04 Å². The van der Waals surface area contributed by atoms with Crippen molar-refractivity contribution in [1.29, 1.82) is 5.41 Å². The standard InChI is InChI=1S/C79H105N21O13S.C2H4O2/c1-114-37-32-56(68(84)103)91-72(107)61(39-46-42-88-53-22-8-5-18-49(46)53)98-74(109)63(41-48-44-90-55-24-10-7-20-51(48)55)97-71(106)60(38-45-16-3-2-4-17-45)95-73(108)62(40-47-43-89-54-23-9-6-19-50(47)54)96-70(105)57(28-30-66(82)101)92-69(104)58(29-31-67(83)102)93-75(110)65-27-15-36-100(65)78(113)59(25-11-12-33-80)94-76(111)64-26-14-35-99(64)77(112)52(81)21-13-34-87-79(85)86;1-2(3)4/h2-10,16-20,22-24,42-44,52,56-65,88-90H,11-15,21,25-41,80-81H2,1H3,(H2,82,101)(H2,83,102)(H2,84,103)(H,91,107)(H,92,104)(H,93,110)(H,94,111)(H,95,108)(H,96,105)(H,97,106)(H,98,109)(H4,85,86,87);1H3,(H,3,4). The number of primary amides is 3. The maximum absolute atomic E-state index is 15.5. The van der Waals surface area contributed by atoms with E-state index in [4.69, 9.17) is 49.7 Å². The van der Waals surface area contributed by atoms with Crippen molar-refractivity contribution in [1.82, 2.24) is 72.6 Å². The van der Waals surface area contributed by atoms with Gasteiger partial charge in [-0.1, -0.05) is 84.9 Å². The number of carboxylic acids is 1. The Labute approximate surface area is 685 Å². The summed E-state index contributed by atoms with van der Waals surface area (Å²) in [5, 5.41) is 41.8. The summed E-state index contributed by atoms with van der Waals surface area (Å²) in [7, 11) is 0. The summed E-state index contributed by atoms with van der Waals surface area (Å²) in [5.41, 5.74) is 39.1. The third kappa shape index (κ3) is 26.8. The summed E-state index contributed by atoms with van der Waals surface area (Å²) in [6.45, 7) is 1.96. The number of H-pyrrole nitrogens is 3. The van der Waals surface area contributed by atoms with Gasteiger partial charge >= 0.3 is 0 Å². The molecule has 634 valence electrons. The van der Waals surface area contributed by atoms with Crippen molar-refractivity contribution in [3.63, 3.8) is 0 Å². The van der Waals surface area contributed by atoms with Crippen LogP contribution in [0.25, 0.3) is 32.7 Å². The summed E-state index contributed by atoms with van der Waals surface area (Å²) in [6.07, 6.45) is 7.30. The number of likely N-dealkylation sites (tertiary alicyclic amines) is 2. The van der Waals surface area contributed by atoms with Crippen LogP contribution in [0.1, 0.15) is 119 Å². The molecule has 4 aromatic carbocycles. The highest BCUT2D eigenvalue weighted by Crippen LogP contribution is 2.27. The van der Waals surface area contributed by atoms with Crippen LogP contribution in [0.15, 0.2) is 122 Å². The predicted octanol–water partition coefficient (Wildman–Crippen LogP) is -0.159. The third-order valence-corrected chi connectivity index (χ3v) is 21.2. The first-order valence-electron chi connectivity index (χ1n) is 39.3. The van der Waals surface area contributed by atoms with Crippen molar-refractivity contribution < 1.29 is 72.2 Å². The number of guanidine groups is 1. The molecule has 0 radical (unpaired) electrons. The molecule has 26 N–H and O–H groups in total. The zero-order chi connectivity index (χ0) is 85.5. The molecule has 2 aliphatic heterocycles. The van der Waals surface area contributed by atoms with Gasteiger partial charge < -0.3 is 112 Å². The van der Waals surface area contributed by atoms with Crippen LogP contribution in [-0.2, 0) is 92.8 Å². The van der Waals surface area contributed by atoms with Crippen LogP contribution in [0.2, 0.25) is 0 Å². The zero-order valence-corrected chi connectivity index (χ0v) is 66.9. The topological polar surface area (TPSA) is 601 Å². The fourth-order valence-electron chi connectivity index (χ4n) is 14.5. The van der Waals surface area contributed by atoms with Crippen LogP contribution < -0.4 is 82.3 Å². The van der Waals surface area contributed by atoms with Gasteiger partial charge in [-0.25, -0.2) is 0 Å². The van der Waals surface area contributed by atoms with Crippen LogP contribution in [-0.4, -0.2) is 223 Å². The molecule has 3 aromatic heterocycles. The molecule has 0 saturated carbocycles. The monoisotopic (exact) mass is 1650 g/mol. The number of unbranched alkanes of at least 4 members (excludes halogenated alkanes) is 1. The number of fused-ring (bicyclic) bond motifs is 3. The molecule has 0 bridgehead atoms. The van der Waals surface area contributed by atoms with Gasteiger partial charge in [-0.05, 0) is 136 Å². The summed E-state index contributed by atoms with van der Waals surface area (Å²) in [4.78, 5) is 208. The number of hydrogen-bond acceptors (Lipinski definition) is 18. The summed E-state index contributed by atoms with van der Waals surface area (Å²) >= 11 is 1.44. The Bertz CT molecular complexity index is 4680. The van der Waals surface area contributed by atoms with E-state index >= 15 is 19.2 Å². The average Bonchev–Trinajstić information content (AvgIpc) is 1.76. The van der Waals surface area contributed by atoms with Crippen LogP contribution in [0.3, 0.4) is 0 Å². The third-order valence-electron chi connectivity index (χ3n) is 20.6. The second-order valence-corrected chi connectivity index (χ2v) is 30.3. The van der Waals surface area contributed by atoms with Gasteiger partial charge in [-0.3, -0.25) is 72.5 Å². The number of para-hydroxylation sites is 3. The highest BCUT2D eigenvalue weighted by Gasteiger charge is 2.43. The van der Waals surface area contributed by atoms with Gasteiger partial charge in [0.2, 0.25) is 76.8 Å². The Balaban J connectivity index is 0.00000424. The molecule has 7 aromatic rings. The Morgan fingerprint density at radius 1 is 0.475 bits per heavy atom. The molecule has 5 heterocycles. The van der Waals surface area contributed by atoms with Crippen LogP contribution in [0.5, 0.6) is 0 Å². The van der Waals surface area contributed by atoms with E-state index in [0.29, 0.717) is 88.5 Å². The molecule has 11 unspecified atom stereocenters. The van der Waals surface area contributed by atoms with Gasteiger partial charge in [0.1, 0.15) is 60.4 Å². The number of nitrogens with one attached hydrogen (secondary N) is 13. The molecule has 118 heavy (non-hydrogen) atoms. The van der Waals surface area contributed by atoms with E-state index in [1.165, 1.54) is 21.6 Å². The molecule has 9 rings (SSSR count). The number of carboxylic acid groups (broad SMARTS) is 1. The number of nitrogens with two attached hydrogens (primary N) is 6. The number of amides is 13. The molecule has 11 atom stereocenters. The fourth-order valence-corrected chi connectivity index (χ4v) is 15.0. The van der Waals surface area contributed by atoms with Crippen molar-refractivity contribution in [3.8, 4) is 0 Å². The number of aliphatic carboxylic acids is 1. The van der Waals surface area contributed by atoms with E-state index < -0.39 is 175 Å². The molecule has 2 saturated heterocycles. The highest BCUT2D eigenvalue weighted by atomic mass is 32.2. The molecule has 37 heteroatoms. The van der Waals surface area contributed by atoms with Crippen LogP contribution in [0, 0.1) is 5.41 Å². The van der Waals surface area contributed by atoms with Gasteiger partial charge in [-0.2, -0.15) is 11.8 Å². The van der Waals surface area contributed by atoms with E-state index in [2.05, 4.69) is 62.8 Å². The van der Waals surface area contributed by atoms with E-state index in [0.717, 1.165) is 17.8 Å². The van der Waals surface area contributed by atoms with E-state index in [1.807, 2.05) is 48.7 Å². The number of aromatic amines is 3. The van der Waals surface area contributed by atoms with Crippen molar-refractivity contribution in [2.45, 2.75) is 189 Å². The van der Waals surface area contributed by atoms with Crippen LogP contribution in [0.4, 0.5) is 0 Å². The summed E-state index contributed by atoms with van der Waals surface area (Å²) in [5.74, 6) is -11.1. The molecule has 13 amide bonds. The van der Waals surface area contributed by atoms with Crippen LogP contribution >= 0.6 is 11.8 Å². The minimum absolute atomic E-state index is 0.0554. The quantitative estimate of drug-likeness (QED) is 0.0134. The number of thioether (sulfide) groups is 1. The highest BCUT2D eigenvalue weighted by molar-refractivity contribution is 7.98. The number of carbonyl (C=O) groups excluding carboxylic acids is 13. The number of aromatic nitrogens is 3. The largest absolute Gasteiger partial charge is 0.481 e. The smallest absolute Gasteiger partial charge is 0.300 e. The number of nitrogens with zero attached hydrogens (tertiary/aromatic N) is 2. The number of benzene rings is 4. The lowest BCUT2D eigenvalue weighted by Crippen LogP contribution is -2.61. The van der Waals surface area contributed by atoms with Crippen molar-refractivity contribution in [2.24, 2.45) is 34.4 Å². The lowest BCUT2D eigenvalue weighted by molar-refractivity contribution is -0.144. The minimum Gasteiger partial charge on any atom is -0.481 e. The molecule has 0 spiro atoms. The SMILES string of the molecule is CC(=O)O.CSCCC(NC(=O)C(Cc1c[nH]c2ccccc12)NC(=O)C(Cc1c[nH]c2ccccc12)NC(=O)C(Cc1ccccc1)NC(=O)C(Cc1c[nH]c2ccccc12)NC(=O)C(CCC(N)=O)NC(=O)C(CCC(N)=O)NC(=O)C1CCCN1C(=O)C(CCCCN)NC(=O)C1CCCN1C(=O)C(N)CCCNC(=N)N)C(N)=O. The summed E-state index contributed by atoms with van der Waals surface area (Å²) < 4.78 is 0. The molecule has 36 nitrogen and oxygen atoms in total. The lowest BCUT2D eigenvalue weighted by atomic mass is 9.99. The van der Waals surface area contributed by atoms with Crippen molar-refractivity contribution in [2.75, 3.05) is 38.2 Å². The summed E-state index contributed by atoms with van der Waals surface area (Å²) in [6, 6.07) is 15.6. The maximum atomic E-state index is 15.5. The number of rotatable bonds is 44. The maximum Gasteiger partial charge on any atom is 0.300 e. The Morgan fingerprint density at radius 3 is 1.27 bits per heavy atom. The van der Waals surface area contributed by atoms with Crippen molar-refractivity contribution in [3.05, 3.63) is 144 Å². The van der Waals surface area contributed by atoms with E-state index in [-0.39, 0.29) is 83.4 Å². The average molecular weight is 1650 g/mol. The molecule has 2 fully saturated rings. The minimum atomic E-state index is -1.71. The first kappa shape index (κ1) is 91.1. The molecule has 2 aliphatic rings. The first-order chi connectivity index (χ1) is 56.5. The first-order valence-corrected chi connectivity index (χ1v) is 40.7. The fraction of sp³-hybridized carbons (Fsp3) is 0.444. The normalized spacial score (nSPS) is 16.0. The second kappa shape index (κ2) is 45.2. The second-order valence-electron chi connectivity index (χ2n) is 29.3. The number of carbonyl (C=O) groups is 14. The molecule has 0 aliphatic carbocycles. The lowest BCUT2D eigenvalue weighted by Gasteiger charge is -2.32. The van der Waals surface area contributed by atoms with Gasteiger partial charge in [-0.15, -0.1) is 0 Å². The van der Waals surface area contributed by atoms with Crippen molar-refractivity contribution >= 4 is 133 Å². The Morgan fingerprint density at radius 2 is 0.856 bits per heavy atom. The Hall–Kier alpha value is -12.4. The van der Waals surface area contributed by atoms with Gasteiger partial charge in [0.15, 0.2) is 5.96 Å². The van der Waals surface area contributed by atoms with Gasteiger partial charge in [0, 0.05) is 116 Å². The number of hydrogen-bond donors (Lipinski definition) is 20. The molecular formula is C81H109N21O15S. The Kier molecular flexibility index (Phi) is 34.9. The van der Waals surface area contributed by atoms with Gasteiger partial charge in [0.25, 0.3) is 5.97 Å². The van der Waals surface area contributed by atoms with E-state index in [9.17, 15) is 43.2 Å². The zero-order valence-electron chi connectivity index (χ0n) is 66.1. The van der Waals surface area contributed by atoms with E-state index in [1.54, 1.807) is 79.3 Å². The molecular weight excluding hydrogens is 1540 g/mol.